The summed E-state index contributed by atoms with van der Waals surface area (Å²) in [5, 5.41) is 0. The maximum Gasteiger partial charge on any atom is 3.00 e. The molecule has 0 radical (unpaired) electrons. The van der Waals surface area contributed by atoms with Gasteiger partial charge in [0.15, 0.2) is 11.6 Å². The number of ketones is 2. The van der Waals surface area contributed by atoms with Gasteiger partial charge in [-0.1, -0.05) is 60.7 Å². The molecule has 0 aromatic heterocycles. The molecule has 2 aromatic carbocycles. The van der Waals surface area contributed by atoms with Crippen LogP contribution in [0, 0.1) is 0 Å². The van der Waals surface area contributed by atoms with E-state index in [0.717, 1.165) is 11.1 Å². The summed E-state index contributed by atoms with van der Waals surface area (Å²) in [7, 11) is 0. The molecule has 2 rings (SSSR count). The van der Waals surface area contributed by atoms with Gasteiger partial charge in [0, 0.05) is 24.0 Å². The average molecular weight is 290 g/mol. The van der Waals surface area contributed by atoms with E-state index in [0.29, 0.717) is 19.3 Å². The Kier molecular flexibility index (Phi) is 10.1. The monoisotopic (exact) mass is 290 g/mol. The predicted molar refractivity (Wildman–Crippen MR) is 85.6 cm³/mol. The van der Waals surface area contributed by atoms with Crippen LogP contribution in [0.2, 0.25) is 0 Å². The van der Waals surface area contributed by atoms with Crippen LogP contribution in [0.4, 0.5) is 0 Å². The summed E-state index contributed by atoms with van der Waals surface area (Å²) in [4.78, 5) is 23.7. The zero-order valence-corrected chi connectivity index (χ0v) is 13.4. The van der Waals surface area contributed by atoms with Gasteiger partial charge < -0.3 is 5.71 Å². The van der Waals surface area contributed by atoms with Crippen LogP contribution in [0.25, 0.3) is 0 Å². The van der Waals surface area contributed by atoms with Crippen LogP contribution in [0.3, 0.4) is 0 Å². The number of Topliss-reactive ketones (excluding diaryl/α,β-unsaturated/α-hetero) is 2. The molecule has 0 fully saturated rings. The summed E-state index contributed by atoms with van der Waals surface area (Å²) in [6, 6.07) is 18.4. The fraction of sp³-hybridized carbons (Fsp3) is 0.176. The number of rotatable bonds is 6. The molecule has 4 heteroatoms. The third kappa shape index (κ3) is 6.47. The Labute approximate surface area is 154 Å². The molecule has 0 saturated carbocycles. The van der Waals surface area contributed by atoms with Gasteiger partial charge in [0.05, 0.1) is 0 Å². The minimum absolute atomic E-state index is 0. The Morgan fingerprint density at radius 3 is 1.38 bits per heavy atom. The minimum atomic E-state index is 0. The van der Waals surface area contributed by atoms with Crippen LogP contribution in [-0.2, 0) is 0 Å². The van der Waals surface area contributed by atoms with Crippen LogP contribution < -0.4 is 18.9 Å². The predicted octanol–water partition coefficient (Wildman–Crippen LogP) is 0.996. The molecule has 0 aliphatic heterocycles. The van der Waals surface area contributed by atoms with Crippen molar-refractivity contribution in [3.8, 4) is 0 Å². The van der Waals surface area contributed by atoms with Gasteiger partial charge in [-0.05, 0) is 6.42 Å². The summed E-state index contributed by atoms with van der Waals surface area (Å²) in [5.41, 5.74) is 1.43. The molecule has 0 N–H and O–H groups in total. The van der Waals surface area contributed by atoms with Crippen LogP contribution in [0.15, 0.2) is 60.7 Å². The second kappa shape index (κ2) is 10.6. The van der Waals surface area contributed by atoms with Gasteiger partial charge in [-0.25, -0.2) is 0 Å². The average Bonchev–Trinajstić information content (AvgIpc) is 2.49. The first-order valence-electron chi connectivity index (χ1n) is 6.44. The zero-order chi connectivity index (χ0) is 13.5. The van der Waals surface area contributed by atoms with Gasteiger partial charge in [0.2, 0.25) is 0 Å². The summed E-state index contributed by atoms with van der Waals surface area (Å²) in [6.45, 7) is 0. The van der Waals surface area contributed by atoms with Crippen molar-refractivity contribution in [3.63, 3.8) is 0 Å². The molecule has 0 amide bonds. The first-order chi connectivity index (χ1) is 9.27. The standard InChI is InChI=1S/C17H16O2.Al.Li.4H/c18-16(14-8-3-1-4-9-14)12-7-13-17(19)15-10-5-2-6-11-15;;;;;;/h1-6,8-11H,7,12-13H2;;;;;;/q;+3;+1;4*-1. The van der Waals surface area contributed by atoms with Crippen LogP contribution in [0.1, 0.15) is 45.7 Å². The van der Waals surface area contributed by atoms with Crippen molar-refractivity contribution in [1.29, 1.82) is 0 Å². The fourth-order valence-corrected chi connectivity index (χ4v) is 1.95. The number of carbonyl (C=O) groups excluding carboxylic acids is 2. The van der Waals surface area contributed by atoms with Gasteiger partial charge in [-0.15, -0.1) is 0 Å². The van der Waals surface area contributed by atoms with Gasteiger partial charge >= 0.3 is 36.2 Å². The van der Waals surface area contributed by atoms with E-state index >= 15 is 0 Å². The van der Waals surface area contributed by atoms with E-state index in [1.165, 1.54) is 0 Å². The van der Waals surface area contributed by atoms with E-state index < -0.39 is 0 Å². The molecule has 0 bridgehead atoms. The molecule has 0 aliphatic rings. The van der Waals surface area contributed by atoms with Gasteiger partial charge in [0.25, 0.3) is 0 Å². The van der Waals surface area contributed by atoms with Gasteiger partial charge in [0.1, 0.15) is 0 Å². The molecule has 0 saturated heterocycles. The van der Waals surface area contributed by atoms with Crippen LogP contribution in [0.5, 0.6) is 0 Å². The number of hydrogen-bond acceptors (Lipinski definition) is 2. The molecule has 104 valence electrons. The van der Waals surface area contributed by atoms with E-state index in [4.69, 9.17) is 0 Å². The molecule has 0 aliphatic carbocycles. The normalized spacial score (nSPS) is 9.14. The number of benzene rings is 2. The van der Waals surface area contributed by atoms with E-state index in [1.54, 1.807) is 24.3 Å². The zero-order valence-electron chi connectivity index (χ0n) is 16.3. The maximum absolute atomic E-state index is 11.9. The van der Waals surface area contributed by atoms with Crippen molar-refractivity contribution in [3.05, 3.63) is 71.8 Å². The van der Waals surface area contributed by atoms with E-state index in [2.05, 4.69) is 0 Å². The van der Waals surface area contributed by atoms with E-state index in [9.17, 15) is 9.59 Å². The molecular formula is C17H20AlLiO2. The first-order valence-corrected chi connectivity index (χ1v) is 6.44. The SMILES string of the molecule is O=C(CCCC(=O)c1ccccc1)c1ccccc1.[Al+3].[H-].[H-].[H-].[H-].[Li+]. The van der Waals surface area contributed by atoms with Crippen LogP contribution in [-0.4, -0.2) is 28.9 Å². The van der Waals surface area contributed by atoms with Crippen LogP contribution >= 0.6 is 0 Å². The van der Waals surface area contributed by atoms with E-state index in [-0.39, 0.29) is 53.5 Å². The molecule has 2 nitrogen and oxygen atoms in total. The Hall–Kier alpha value is -1.09. The third-order valence-corrected chi connectivity index (χ3v) is 3.00. The van der Waals surface area contributed by atoms with Crippen molar-refractivity contribution in [1.82, 2.24) is 0 Å². The van der Waals surface area contributed by atoms with Crippen molar-refractivity contribution in [2.45, 2.75) is 19.3 Å². The second-order valence-corrected chi connectivity index (χ2v) is 4.43. The second-order valence-electron chi connectivity index (χ2n) is 4.43. The maximum atomic E-state index is 11.9. The van der Waals surface area contributed by atoms with Crippen molar-refractivity contribution in [2.75, 3.05) is 0 Å². The summed E-state index contributed by atoms with van der Waals surface area (Å²) >= 11 is 0. The molecule has 0 atom stereocenters. The Bertz CT molecular complexity index is 520. The summed E-state index contributed by atoms with van der Waals surface area (Å²) < 4.78 is 0. The topological polar surface area (TPSA) is 34.1 Å². The fourth-order valence-electron chi connectivity index (χ4n) is 1.95. The number of hydrogen-bond donors (Lipinski definition) is 0. The first kappa shape index (κ1) is 19.9. The summed E-state index contributed by atoms with van der Waals surface area (Å²) in [5.74, 6) is 0.197. The van der Waals surface area contributed by atoms with Crippen molar-refractivity contribution < 1.29 is 34.2 Å². The summed E-state index contributed by atoms with van der Waals surface area (Å²) in [6.07, 6.45) is 1.44. The molecule has 2 aromatic rings. The molecule has 21 heavy (non-hydrogen) atoms. The van der Waals surface area contributed by atoms with Gasteiger partial charge in [-0.2, -0.15) is 0 Å². The Morgan fingerprint density at radius 1 is 0.714 bits per heavy atom. The molecular weight excluding hydrogens is 270 g/mol. The molecule has 0 unspecified atom stereocenters. The quantitative estimate of drug-likeness (QED) is 0.587. The Morgan fingerprint density at radius 2 is 1.05 bits per heavy atom. The van der Waals surface area contributed by atoms with Crippen molar-refractivity contribution >= 4 is 28.9 Å². The van der Waals surface area contributed by atoms with Gasteiger partial charge in [-0.3, -0.25) is 9.59 Å². The number of carbonyl (C=O) groups is 2. The third-order valence-electron chi connectivity index (χ3n) is 3.00. The largest absolute Gasteiger partial charge is 3.00 e. The van der Waals surface area contributed by atoms with E-state index in [1.807, 2.05) is 36.4 Å². The smallest absolute Gasteiger partial charge is 1.00 e. The molecule has 0 heterocycles. The Balaban J connectivity index is -0.000000222. The molecule has 0 spiro atoms. The minimum Gasteiger partial charge on any atom is -1.00 e. The van der Waals surface area contributed by atoms with Crippen molar-refractivity contribution in [2.24, 2.45) is 0 Å².